The van der Waals surface area contributed by atoms with Crippen molar-refractivity contribution in [1.29, 1.82) is 0 Å². The molecular formula is C22H24N4OS. The molecule has 2 atom stereocenters. The van der Waals surface area contributed by atoms with E-state index >= 15 is 0 Å². The van der Waals surface area contributed by atoms with Gasteiger partial charge >= 0.3 is 0 Å². The van der Waals surface area contributed by atoms with E-state index in [0.29, 0.717) is 10.8 Å². The second-order valence-electron chi connectivity index (χ2n) is 8.01. The summed E-state index contributed by atoms with van der Waals surface area (Å²) in [6, 6.07) is 15.0. The lowest BCUT2D eigenvalue weighted by atomic mass is 9.98. The summed E-state index contributed by atoms with van der Waals surface area (Å²) in [6.07, 6.45) is 6.04. The molecule has 1 aromatic carbocycles. The molecule has 28 heavy (non-hydrogen) atoms. The van der Waals surface area contributed by atoms with Crippen LogP contribution in [0.25, 0.3) is 0 Å². The Morgan fingerprint density at radius 3 is 2.46 bits per heavy atom. The van der Waals surface area contributed by atoms with Crippen molar-refractivity contribution < 1.29 is 5.11 Å². The predicted molar refractivity (Wildman–Crippen MR) is 115 cm³/mol. The molecule has 1 fully saturated rings. The van der Waals surface area contributed by atoms with Crippen molar-refractivity contribution in [2.45, 2.75) is 38.4 Å². The van der Waals surface area contributed by atoms with Gasteiger partial charge in [-0.3, -0.25) is 4.98 Å². The van der Waals surface area contributed by atoms with Crippen LogP contribution in [-0.2, 0) is 5.54 Å². The third-order valence-electron chi connectivity index (χ3n) is 5.07. The number of benzene rings is 1. The van der Waals surface area contributed by atoms with E-state index in [1.165, 1.54) is 0 Å². The van der Waals surface area contributed by atoms with Gasteiger partial charge in [-0.05, 0) is 68.9 Å². The van der Waals surface area contributed by atoms with Crippen LogP contribution in [0.4, 0.5) is 5.69 Å². The summed E-state index contributed by atoms with van der Waals surface area (Å²) in [5.41, 5.74) is 2.69. The molecule has 3 heterocycles. The SMILES string of the molecule is CC(C)(C)n1ccc([C@H]2[C@H](c3ccccn3)NC(=S)N2c2ccccc2O)c1. The van der Waals surface area contributed by atoms with E-state index < -0.39 is 0 Å². The predicted octanol–water partition coefficient (Wildman–Crippen LogP) is 4.52. The molecular weight excluding hydrogens is 368 g/mol. The first-order chi connectivity index (χ1) is 13.4. The van der Waals surface area contributed by atoms with Gasteiger partial charge in [-0.15, -0.1) is 0 Å². The number of thiocarbonyl (C=S) groups is 1. The number of para-hydroxylation sites is 2. The Morgan fingerprint density at radius 2 is 1.82 bits per heavy atom. The first-order valence-electron chi connectivity index (χ1n) is 9.33. The normalized spacial score (nSPS) is 19.7. The van der Waals surface area contributed by atoms with E-state index in [1.807, 2.05) is 41.3 Å². The number of pyridine rings is 1. The third-order valence-corrected chi connectivity index (χ3v) is 5.39. The minimum Gasteiger partial charge on any atom is -0.506 e. The van der Waals surface area contributed by atoms with Crippen molar-refractivity contribution >= 4 is 23.0 Å². The lowest BCUT2D eigenvalue weighted by Crippen LogP contribution is -2.29. The second kappa shape index (κ2) is 6.95. The van der Waals surface area contributed by atoms with Crippen molar-refractivity contribution in [3.63, 3.8) is 0 Å². The van der Waals surface area contributed by atoms with E-state index in [0.717, 1.165) is 11.3 Å². The highest BCUT2D eigenvalue weighted by Crippen LogP contribution is 2.44. The van der Waals surface area contributed by atoms with Gasteiger partial charge in [0.25, 0.3) is 0 Å². The van der Waals surface area contributed by atoms with Gasteiger partial charge in [0.15, 0.2) is 5.11 Å². The molecule has 1 aliphatic heterocycles. The van der Waals surface area contributed by atoms with E-state index in [2.05, 4.69) is 54.1 Å². The van der Waals surface area contributed by atoms with Crippen LogP contribution in [0.1, 0.15) is 44.1 Å². The van der Waals surface area contributed by atoms with Gasteiger partial charge in [-0.25, -0.2) is 0 Å². The average Bonchev–Trinajstić information content (AvgIpc) is 3.27. The Balaban J connectivity index is 1.84. The molecule has 0 amide bonds. The fraction of sp³-hybridized carbons (Fsp3) is 0.273. The number of hydrogen-bond donors (Lipinski definition) is 2. The molecule has 1 aliphatic rings. The van der Waals surface area contributed by atoms with Gasteiger partial charge in [0.2, 0.25) is 0 Å². The summed E-state index contributed by atoms with van der Waals surface area (Å²) in [5.74, 6) is 0.202. The minimum atomic E-state index is -0.126. The number of phenolic OH excluding ortho intramolecular Hbond substituents is 1. The smallest absolute Gasteiger partial charge is 0.174 e. The Labute approximate surface area is 170 Å². The molecule has 0 spiro atoms. The summed E-state index contributed by atoms with van der Waals surface area (Å²) >= 11 is 5.69. The van der Waals surface area contributed by atoms with E-state index in [-0.39, 0.29) is 23.4 Å². The lowest BCUT2D eigenvalue weighted by Gasteiger charge is -2.28. The molecule has 5 nitrogen and oxygen atoms in total. The number of nitrogens with one attached hydrogen (secondary N) is 1. The maximum atomic E-state index is 10.5. The molecule has 0 saturated carbocycles. The zero-order chi connectivity index (χ0) is 19.9. The van der Waals surface area contributed by atoms with Crippen molar-refractivity contribution in [3.05, 3.63) is 78.4 Å². The molecule has 2 N–H and O–H groups in total. The zero-order valence-corrected chi connectivity index (χ0v) is 17.0. The van der Waals surface area contributed by atoms with Gasteiger partial charge in [0.05, 0.1) is 23.5 Å². The molecule has 3 aromatic rings. The number of aromatic nitrogens is 2. The molecule has 2 aromatic heterocycles. The van der Waals surface area contributed by atoms with Gasteiger partial charge in [0.1, 0.15) is 5.75 Å². The Morgan fingerprint density at radius 1 is 1.07 bits per heavy atom. The summed E-state index contributed by atoms with van der Waals surface area (Å²) in [6.45, 7) is 6.52. The maximum absolute atomic E-state index is 10.5. The molecule has 1 saturated heterocycles. The topological polar surface area (TPSA) is 53.3 Å². The highest BCUT2D eigenvalue weighted by molar-refractivity contribution is 7.80. The number of nitrogens with zero attached hydrogens (tertiary/aromatic N) is 3. The van der Waals surface area contributed by atoms with Crippen LogP contribution in [0.15, 0.2) is 67.1 Å². The van der Waals surface area contributed by atoms with E-state index in [9.17, 15) is 5.11 Å². The molecule has 0 aliphatic carbocycles. The Kier molecular flexibility index (Phi) is 4.59. The van der Waals surface area contributed by atoms with E-state index in [1.54, 1.807) is 12.3 Å². The van der Waals surface area contributed by atoms with Gasteiger partial charge in [-0.2, -0.15) is 0 Å². The highest BCUT2D eigenvalue weighted by atomic mass is 32.1. The second-order valence-corrected chi connectivity index (χ2v) is 8.39. The van der Waals surface area contributed by atoms with Gasteiger partial charge < -0.3 is 19.9 Å². The van der Waals surface area contributed by atoms with Crippen molar-refractivity contribution in [3.8, 4) is 5.75 Å². The fourth-order valence-corrected chi connectivity index (χ4v) is 3.97. The number of anilines is 1. The minimum absolute atomic E-state index is 0.0228. The fourth-order valence-electron chi connectivity index (χ4n) is 3.63. The summed E-state index contributed by atoms with van der Waals surface area (Å²) < 4.78 is 2.20. The number of hydrogen-bond acceptors (Lipinski definition) is 3. The summed E-state index contributed by atoms with van der Waals surface area (Å²) in [7, 11) is 0. The third kappa shape index (κ3) is 3.24. The van der Waals surface area contributed by atoms with Gasteiger partial charge in [-0.1, -0.05) is 18.2 Å². The average molecular weight is 393 g/mol. The number of rotatable bonds is 3. The van der Waals surface area contributed by atoms with Gasteiger partial charge in [0, 0.05) is 24.1 Å². The van der Waals surface area contributed by atoms with Crippen LogP contribution < -0.4 is 10.2 Å². The summed E-state index contributed by atoms with van der Waals surface area (Å²) in [4.78, 5) is 6.55. The largest absolute Gasteiger partial charge is 0.506 e. The molecule has 0 bridgehead atoms. The van der Waals surface area contributed by atoms with E-state index in [4.69, 9.17) is 12.2 Å². The lowest BCUT2D eigenvalue weighted by molar-refractivity contribution is 0.397. The zero-order valence-electron chi connectivity index (χ0n) is 16.2. The molecule has 144 valence electrons. The maximum Gasteiger partial charge on any atom is 0.174 e. The van der Waals surface area contributed by atoms with Crippen LogP contribution in [0, 0.1) is 0 Å². The first-order valence-corrected chi connectivity index (χ1v) is 9.74. The van der Waals surface area contributed by atoms with Crippen LogP contribution in [-0.4, -0.2) is 19.8 Å². The summed E-state index contributed by atoms with van der Waals surface area (Å²) in [5, 5.41) is 14.5. The molecule has 0 radical (unpaired) electrons. The molecule has 4 rings (SSSR count). The molecule has 0 unspecified atom stereocenters. The van der Waals surface area contributed by atoms with Crippen molar-refractivity contribution in [1.82, 2.24) is 14.9 Å². The molecule has 6 heteroatoms. The van der Waals surface area contributed by atoms with Crippen LogP contribution in [0.3, 0.4) is 0 Å². The Hall–Kier alpha value is -2.86. The quantitative estimate of drug-likeness (QED) is 0.642. The number of phenols is 1. The highest BCUT2D eigenvalue weighted by Gasteiger charge is 2.42. The van der Waals surface area contributed by atoms with Crippen LogP contribution >= 0.6 is 12.2 Å². The van der Waals surface area contributed by atoms with Crippen molar-refractivity contribution in [2.75, 3.05) is 4.90 Å². The first kappa shape index (κ1) is 18.5. The van der Waals surface area contributed by atoms with Crippen molar-refractivity contribution in [2.24, 2.45) is 0 Å². The number of aromatic hydroxyl groups is 1. The standard InChI is InChI=1S/C22H24N4OS/c1-22(2,3)25-13-11-15(14-25)20-19(16-8-6-7-12-23-16)24-21(28)26(20)17-9-4-5-10-18(17)27/h4-14,19-20,27H,1-3H3,(H,24,28)/t19-,20-/m0/s1. The monoisotopic (exact) mass is 392 g/mol. The van der Waals surface area contributed by atoms with Crippen LogP contribution in [0.2, 0.25) is 0 Å². The Bertz CT molecular complexity index is 993. The van der Waals surface area contributed by atoms with Crippen LogP contribution in [0.5, 0.6) is 5.75 Å².